The average molecular weight is 137 g/mol. The summed E-state index contributed by atoms with van der Waals surface area (Å²) in [5, 5.41) is 0. The second kappa shape index (κ2) is 3.55. The van der Waals surface area contributed by atoms with Gasteiger partial charge in [0.05, 0.1) is 0 Å². The maximum absolute atomic E-state index is 4.35. The van der Waals surface area contributed by atoms with Crippen LogP contribution in [0.2, 0.25) is 0 Å². The van der Waals surface area contributed by atoms with Crippen LogP contribution in [0.3, 0.4) is 0 Å². The van der Waals surface area contributed by atoms with Crippen LogP contribution < -0.4 is 0 Å². The van der Waals surface area contributed by atoms with E-state index in [1.165, 1.54) is 18.6 Å². The predicted molar refractivity (Wildman–Crippen MR) is 45.5 cm³/mol. The summed E-state index contributed by atoms with van der Waals surface area (Å²) in [6.07, 6.45) is 5.65. The van der Waals surface area contributed by atoms with Gasteiger partial charge in [-0.2, -0.15) is 0 Å². The molecular formula is C9H15N. The third-order valence-electron chi connectivity index (χ3n) is 1.98. The Hall–Kier alpha value is -0.590. The molecule has 1 nitrogen and oxygen atoms in total. The molecule has 1 rings (SSSR count). The first-order chi connectivity index (χ1) is 4.86. The van der Waals surface area contributed by atoms with Crippen LogP contribution in [-0.4, -0.2) is 12.3 Å². The molecule has 0 N–H and O–H groups in total. The summed E-state index contributed by atoms with van der Waals surface area (Å²) in [7, 11) is 0. The molecule has 0 radical (unpaired) electrons. The molecule has 0 spiro atoms. The van der Waals surface area contributed by atoms with E-state index >= 15 is 0 Å². The highest BCUT2D eigenvalue weighted by Gasteiger charge is 2.14. The summed E-state index contributed by atoms with van der Waals surface area (Å²) in [4.78, 5) is 4.35. The predicted octanol–water partition coefficient (Wildman–Crippen LogP) is 2.43. The highest BCUT2D eigenvalue weighted by Crippen LogP contribution is 2.18. The molecule has 0 aromatic carbocycles. The highest BCUT2D eigenvalue weighted by atomic mass is 14.8. The molecule has 0 amide bonds. The smallest absolute Gasteiger partial charge is 0.0424 e. The highest BCUT2D eigenvalue weighted by molar-refractivity contribution is 5.95. The van der Waals surface area contributed by atoms with Gasteiger partial charge in [0.25, 0.3) is 0 Å². The fraction of sp³-hybridized carbons (Fsp3) is 0.667. The summed E-state index contributed by atoms with van der Waals surface area (Å²) >= 11 is 0. The van der Waals surface area contributed by atoms with Gasteiger partial charge in [0.1, 0.15) is 0 Å². The van der Waals surface area contributed by atoms with Gasteiger partial charge in [-0.25, -0.2) is 0 Å². The minimum atomic E-state index is 0.818. The van der Waals surface area contributed by atoms with Gasteiger partial charge < -0.3 is 0 Å². The van der Waals surface area contributed by atoms with Crippen LogP contribution in [0.5, 0.6) is 0 Å². The molecule has 10 heavy (non-hydrogen) atoms. The Kier molecular flexibility index (Phi) is 2.67. The molecule has 1 heterocycles. The minimum Gasteiger partial charge on any atom is -0.289 e. The molecule has 0 aromatic rings. The van der Waals surface area contributed by atoms with E-state index < -0.39 is 0 Å². The standard InChI is InChI=1S/C9H15N/c1-3-5-8-6-9(4-2)10-7-8/h4,8H,2-3,5-7H2,1H3. The monoisotopic (exact) mass is 137 g/mol. The summed E-state index contributed by atoms with van der Waals surface area (Å²) in [6.45, 7) is 6.97. The van der Waals surface area contributed by atoms with Crippen molar-refractivity contribution in [2.45, 2.75) is 26.2 Å². The van der Waals surface area contributed by atoms with E-state index in [0.717, 1.165) is 18.9 Å². The zero-order valence-corrected chi connectivity index (χ0v) is 6.64. The lowest BCUT2D eigenvalue weighted by atomic mass is 10.0. The molecule has 0 saturated carbocycles. The first-order valence-corrected chi connectivity index (χ1v) is 4.02. The molecule has 1 atom stereocenters. The lowest BCUT2D eigenvalue weighted by molar-refractivity contribution is 0.534. The number of hydrogen-bond acceptors (Lipinski definition) is 1. The molecule has 1 heteroatoms. The number of hydrogen-bond donors (Lipinski definition) is 0. The van der Waals surface area contributed by atoms with Crippen LogP contribution >= 0.6 is 0 Å². The summed E-state index contributed by atoms with van der Waals surface area (Å²) in [6, 6.07) is 0. The van der Waals surface area contributed by atoms with Crippen molar-refractivity contribution in [3.8, 4) is 0 Å². The minimum absolute atomic E-state index is 0.818. The lowest BCUT2D eigenvalue weighted by Gasteiger charge is -2.03. The van der Waals surface area contributed by atoms with Crippen LogP contribution in [0.4, 0.5) is 0 Å². The van der Waals surface area contributed by atoms with E-state index in [0.29, 0.717) is 0 Å². The Labute approximate surface area is 62.9 Å². The molecule has 1 aliphatic heterocycles. The van der Waals surface area contributed by atoms with Gasteiger partial charge in [-0.05, 0) is 24.8 Å². The van der Waals surface area contributed by atoms with E-state index in [4.69, 9.17) is 0 Å². The number of allylic oxidation sites excluding steroid dienone is 1. The largest absolute Gasteiger partial charge is 0.289 e. The van der Waals surface area contributed by atoms with Crippen molar-refractivity contribution in [1.29, 1.82) is 0 Å². The topological polar surface area (TPSA) is 12.4 Å². The van der Waals surface area contributed by atoms with Crippen LogP contribution in [0.15, 0.2) is 17.6 Å². The van der Waals surface area contributed by atoms with Crippen molar-refractivity contribution >= 4 is 5.71 Å². The van der Waals surface area contributed by atoms with Gasteiger partial charge in [0.15, 0.2) is 0 Å². The van der Waals surface area contributed by atoms with Crippen LogP contribution in [-0.2, 0) is 0 Å². The molecule has 0 aromatic heterocycles. The maximum atomic E-state index is 4.35. The second-order valence-electron chi connectivity index (χ2n) is 2.89. The average Bonchev–Trinajstić information content (AvgIpc) is 2.37. The van der Waals surface area contributed by atoms with Gasteiger partial charge in [-0.15, -0.1) is 0 Å². The molecule has 1 unspecified atom stereocenters. The van der Waals surface area contributed by atoms with Crippen molar-refractivity contribution in [1.82, 2.24) is 0 Å². The van der Waals surface area contributed by atoms with E-state index in [1.54, 1.807) is 0 Å². The van der Waals surface area contributed by atoms with Crippen LogP contribution in [0.25, 0.3) is 0 Å². The lowest BCUT2D eigenvalue weighted by Crippen LogP contribution is -1.99. The second-order valence-corrected chi connectivity index (χ2v) is 2.89. The van der Waals surface area contributed by atoms with E-state index in [-0.39, 0.29) is 0 Å². The number of rotatable bonds is 3. The molecular weight excluding hydrogens is 122 g/mol. The van der Waals surface area contributed by atoms with Gasteiger partial charge >= 0.3 is 0 Å². The Morgan fingerprint density at radius 2 is 2.60 bits per heavy atom. The summed E-state index contributed by atoms with van der Waals surface area (Å²) in [5.41, 5.74) is 1.21. The van der Waals surface area contributed by atoms with Crippen LogP contribution in [0.1, 0.15) is 26.2 Å². The molecule has 0 aliphatic carbocycles. The molecule has 0 fully saturated rings. The number of aliphatic imine (C=N–C) groups is 1. The Bertz CT molecular complexity index is 147. The summed E-state index contributed by atoms with van der Waals surface area (Å²) < 4.78 is 0. The van der Waals surface area contributed by atoms with Gasteiger partial charge in [0, 0.05) is 12.3 Å². The van der Waals surface area contributed by atoms with Crippen molar-refractivity contribution in [2.75, 3.05) is 6.54 Å². The van der Waals surface area contributed by atoms with E-state index in [9.17, 15) is 0 Å². The van der Waals surface area contributed by atoms with Gasteiger partial charge in [-0.3, -0.25) is 4.99 Å². The molecule has 0 bridgehead atoms. The fourth-order valence-electron chi connectivity index (χ4n) is 1.42. The first kappa shape index (κ1) is 7.52. The number of nitrogens with zero attached hydrogens (tertiary/aromatic N) is 1. The van der Waals surface area contributed by atoms with E-state index in [2.05, 4.69) is 18.5 Å². The third-order valence-corrected chi connectivity index (χ3v) is 1.98. The van der Waals surface area contributed by atoms with Crippen molar-refractivity contribution in [3.63, 3.8) is 0 Å². The van der Waals surface area contributed by atoms with Crippen molar-refractivity contribution in [3.05, 3.63) is 12.7 Å². The Morgan fingerprint density at radius 1 is 1.80 bits per heavy atom. The Morgan fingerprint density at radius 3 is 3.10 bits per heavy atom. The normalized spacial score (nSPS) is 24.5. The molecule has 56 valence electrons. The third kappa shape index (κ3) is 1.69. The fourth-order valence-corrected chi connectivity index (χ4v) is 1.42. The molecule has 0 saturated heterocycles. The van der Waals surface area contributed by atoms with Gasteiger partial charge in [-0.1, -0.05) is 19.9 Å². The maximum Gasteiger partial charge on any atom is 0.0424 e. The van der Waals surface area contributed by atoms with Crippen molar-refractivity contribution < 1.29 is 0 Å². The Balaban J connectivity index is 2.29. The zero-order chi connectivity index (χ0) is 7.40. The van der Waals surface area contributed by atoms with Crippen molar-refractivity contribution in [2.24, 2.45) is 10.9 Å². The summed E-state index contributed by atoms with van der Waals surface area (Å²) in [5.74, 6) is 0.818. The van der Waals surface area contributed by atoms with Crippen LogP contribution in [0, 0.1) is 5.92 Å². The van der Waals surface area contributed by atoms with E-state index in [1.807, 2.05) is 6.08 Å². The first-order valence-electron chi connectivity index (χ1n) is 4.02. The zero-order valence-electron chi connectivity index (χ0n) is 6.64. The quantitative estimate of drug-likeness (QED) is 0.566. The molecule has 1 aliphatic rings. The SMILES string of the molecule is C=CC1=NCC(CCC)C1. The van der Waals surface area contributed by atoms with Gasteiger partial charge in [0.2, 0.25) is 0 Å².